The summed E-state index contributed by atoms with van der Waals surface area (Å²) in [6.07, 6.45) is 3.98. The van der Waals surface area contributed by atoms with Crippen LogP contribution in [0.15, 0.2) is 34.7 Å². The van der Waals surface area contributed by atoms with Gasteiger partial charge in [0.15, 0.2) is 0 Å². The van der Waals surface area contributed by atoms with Crippen molar-refractivity contribution < 1.29 is 4.55 Å². The Morgan fingerprint density at radius 1 is 1.15 bits per heavy atom. The van der Waals surface area contributed by atoms with Gasteiger partial charge in [0.25, 0.3) is 0 Å². The average Bonchev–Trinajstić information content (AvgIpc) is 2.42. The summed E-state index contributed by atoms with van der Waals surface area (Å²) in [4.78, 5) is 0. The van der Waals surface area contributed by atoms with E-state index in [9.17, 15) is 4.55 Å². The normalized spacial score (nSPS) is 14.3. The van der Waals surface area contributed by atoms with Crippen molar-refractivity contribution in [1.82, 2.24) is 0 Å². The Balaban J connectivity index is 2.82. The van der Waals surface area contributed by atoms with Gasteiger partial charge < -0.3 is 4.55 Å². The summed E-state index contributed by atoms with van der Waals surface area (Å²) in [6.45, 7) is 5.84. The second kappa shape index (κ2) is 8.71. The van der Waals surface area contributed by atoms with Gasteiger partial charge in [0.2, 0.25) is 0 Å². The van der Waals surface area contributed by atoms with Crippen LogP contribution < -0.4 is 0 Å². The molecule has 0 bridgehead atoms. The summed E-state index contributed by atoms with van der Waals surface area (Å²) in [6, 6.07) is 10.0. The number of nitrogens with zero attached hydrogens (tertiary/aromatic N) is 1. The number of alkyl halides is 1. The lowest BCUT2D eigenvalue weighted by atomic mass is 10.0. The summed E-state index contributed by atoms with van der Waals surface area (Å²) in [5.74, 6) is 0.700. The zero-order valence-corrected chi connectivity index (χ0v) is 14.1. The molecular formula is C16H24ClNOS. The first-order valence-electron chi connectivity index (χ1n) is 7.06. The van der Waals surface area contributed by atoms with Crippen molar-refractivity contribution in [3.63, 3.8) is 0 Å². The van der Waals surface area contributed by atoms with E-state index >= 15 is 0 Å². The van der Waals surface area contributed by atoms with Crippen LogP contribution in [0, 0.1) is 0 Å². The quantitative estimate of drug-likeness (QED) is 0.310. The molecule has 2 nitrogen and oxygen atoms in total. The smallest absolute Gasteiger partial charge is 0.144 e. The van der Waals surface area contributed by atoms with E-state index in [-0.39, 0.29) is 4.75 Å². The van der Waals surface area contributed by atoms with E-state index in [1.807, 2.05) is 51.1 Å². The molecule has 0 aliphatic carbocycles. The number of hydrogen-bond donors (Lipinski definition) is 0. The summed E-state index contributed by atoms with van der Waals surface area (Å²) in [5.41, 5.74) is 2.00. The molecule has 0 N–H and O–H groups in total. The Hall–Kier alpha value is -0.510. The van der Waals surface area contributed by atoms with E-state index in [1.54, 1.807) is 0 Å². The number of rotatable bonds is 7. The van der Waals surface area contributed by atoms with Crippen molar-refractivity contribution in [2.24, 2.45) is 4.40 Å². The van der Waals surface area contributed by atoms with E-state index in [2.05, 4.69) is 4.40 Å². The van der Waals surface area contributed by atoms with Crippen LogP contribution in [0.1, 0.15) is 52.0 Å². The molecule has 1 unspecified atom stereocenters. The first kappa shape index (κ1) is 17.5. The molecule has 0 saturated carbocycles. The number of hydrogen-bond acceptors (Lipinski definition) is 2. The Morgan fingerprint density at radius 3 is 2.35 bits per heavy atom. The minimum Gasteiger partial charge on any atom is -0.591 e. The van der Waals surface area contributed by atoms with Gasteiger partial charge in [-0.15, -0.1) is 11.6 Å². The zero-order valence-electron chi connectivity index (χ0n) is 12.6. The highest BCUT2D eigenvalue weighted by atomic mass is 35.5. The van der Waals surface area contributed by atoms with Crippen LogP contribution in [-0.4, -0.2) is 20.9 Å². The lowest BCUT2D eigenvalue weighted by molar-refractivity contribution is 0.561. The highest BCUT2D eigenvalue weighted by Crippen LogP contribution is 2.20. The van der Waals surface area contributed by atoms with Gasteiger partial charge in [0, 0.05) is 11.4 Å². The van der Waals surface area contributed by atoms with Crippen molar-refractivity contribution in [2.75, 3.05) is 5.88 Å². The van der Waals surface area contributed by atoms with Crippen molar-refractivity contribution in [1.29, 1.82) is 0 Å². The summed E-state index contributed by atoms with van der Waals surface area (Å²) < 4.78 is 16.4. The molecule has 0 fully saturated rings. The third-order valence-electron chi connectivity index (χ3n) is 2.87. The van der Waals surface area contributed by atoms with Crippen LogP contribution in [-0.2, 0) is 11.4 Å². The maximum atomic E-state index is 12.2. The summed E-state index contributed by atoms with van der Waals surface area (Å²) >= 11 is 4.49. The fourth-order valence-corrected chi connectivity index (χ4v) is 2.53. The van der Waals surface area contributed by atoms with Gasteiger partial charge in [0.1, 0.15) is 16.1 Å². The Bertz CT molecular complexity index is 414. The summed E-state index contributed by atoms with van der Waals surface area (Å²) in [5, 5.41) is 0. The zero-order chi connectivity index (χ0) is 15.0. The van der Waals surface area contributed by atoms with Crippen LogP contribution in [0.25, 0.3) is 0 Å². The highest BCUT2D eigenvalue weighted by molar-refractivity contribution is 7.91. The number of halogens is 1. The molecule has 1 aromatic carbocycles. The summed E-state index contributed by atoms with van der Waals surface area (Å²) in [7, 11) is 0. The molecule has 1 rings (SSSR count). The van der Waals surface area contributed by atoms with Crippen LogP contribution in [0.3, 0.4) is 0 Å². The van der Waals surface area contributed by atoms with Gasteiger partial charge in [-0.1, -0.05) is 41.2 Å². The fourth-order valence-electron chi connectivity index (χ4n) is 1.67. The van der Waals surface area contributed by atoms with E-state index < -0.39 is 11.4 Å². The standard InChI is InChI=1S/C16H24ClNOS/c1-16(2,3)20(19)18-15(12-8-5-9-13-17)14-10-6-4-7-11-14/h4,6-7,10-11H,5,8-9,12-13H2,1-3H3/b18-15-. The first-order chi connectivity index (χ1) is 9.45. The highest BCUT2D eigenvalue weighted by Gasteiger charge is 2.27. The maximum Gasteiger partial charge on any atom is 0.144 e. The molecule has 0 saturated heterocycles. The lowest BCUT2D eigenvalue weighted by Crippen LogP contribution is -2.27. The molecule has 0 aromatic heterocycles. The monoisotopic (exact) mass is 313 g/mol. The second-order valence-electron chi connectivity index (χ2n) is 5.77. The largest absolute Gasteiger partial charge is 0.591 e. The molecule has 4 heteroatoms. The Labute approximate surface area is 131 Å². The van der Waals surface area contributed by atoms with E-state index in [0.29, 0.717) is 5.88 Å². The van der Waals surface area contributed by atoms with Crippen molar-refractivity contribution in [3.05, 3.63) is 35.9 Å². The SMILES string of the molecule is CC(C)(C)[S+]([O-])/N=C(/CCCCCCl)c1ccccc1. The van der Waals surface area contributed by atoms with Crippen LogP contribution >= 0.6 is 11.6 Å². The van der Waals surface area contributed by atoms with Gasteiger partial charge >= 0.3 is 0 Å². The second-order valence-corrected chi connectivity index (χ2v) is 8.05. The molecule has 1 aromatic rings. The predicted octanol–water partition coefficient (Wildman–Crippen LogP) is 4.74. The van der Waals surface area contributed by atoms with Crippen molar-refractivity contribution in [2.45, 2.75) is 51.2 Å². The van der Waals surface area contributed by atoms with Gasteiger partial charge in [-0.2, -0.15) is 0 Å². The van der Waals surface area contributed by atoms with Crippen LogP contribution in [0.5, 0.6) is 0 Å². The van der Waals surface area contributed by atoms with Gasteiger partial charge in [0.05, 0.1) is 5.71 Å². The molecule has 0 aliphatic heterocycles. The number of unbranched alkanes of at least 4 members (excludes halogenated alkanes) is 2. The predicted molar refractivity (Wildman–Crippen MR) is 90.1 cm³/mol. The first-order valence-corrected chi connectivity index (χ1v) is 8.70. The van der Waals surface area contributed by atoms with Crippen LogP contribution in [0.4, 0.5) is 0 Å². The van der Waals surface area contributed by atoms with Gasteiger partial charge in [-0.05, 0) is 40.0 Å². The minimum atomic E-state index is -1.21. The third-order valence-corrected chi connectivity index (χ3v) is 4.57. The molecular weight excluding hydrogens is 290 g/mol. The molecule has 20 heavy (non-hydrogen) atoms. The average molecular weight is 314 g/mol. The minimum absolute atomic E-state index is 0.323. The molecule has 0 heterocycles. The van der Waals surface area contributed by atoms with E-state index in [0.717, 1.165) is 37.0 Å². The lowest BCUT2D eigenvalue weighted by Gasteiger charge is -2.19. The van der Waals surface area contributed by atoms with E-state index in [1.165, 1.54) is 0 Å². The Morgan fingerprint density at radius 2 is 1.80 bits per heavy atom. The third kappa shape index (κ3) is 6.29. The molecule has 0 spiro atoms. The van der Waals surface area contributed by atoms with E-state index in [4.69, 9.17) is 11.6 Å². The van der Waals surface area contributed by atoms with Crippen molar-refractivity contribution in [3.8, 4) is 0 Å². The number of benzene rings is 1. The molecule has 0 amide bonds. The maximum absolute atomic E-state index is 12.2. The van der Waals surface area contributed by atoms with Crippen molar-refractivity contribution >= 4 is 28.7 Å². The molecule has 1 atom stereocenters. The molecule has 0 radical (unpaired) electrons. The topological polar surface area (TPSA) is 35.4 Å². The van der Waals surface area contributed by atoms with Gasteiger partial charge in [-0.25, -0.2) is 0 Å². The van der Waals surface area contributed by atoms with Crippen LogP contribution in [0.2, 0.25) is 0 Å². The fraction of sp³-hybridized carbons (Fsp3) is 0.562. The Kier molecular flexibility index (Phi) is 7.63. The molecule has 0 aliphatic rings. The van der Waals surface area contributed by atoms with Gasteiger partial charge in [-0.3, -0.25) is 0 Å². The molecule has 112 valence electrons.